The maximum atomic E-state index is 13.5. The van der Waals surface area contributed by atoms with Gasteiger partial charge in [0.2, 0.25) is 0 Å². The van der Waals surface area contributed by atoms with E-state index < -0.39 is 21.6 Å². The van der Waals surface area contributed by atoms with Crippen molar-refractivity contribution in [3.8, 4) is 0 Å². The van der Waals surface area contributed by atoms with Crippen LogP contribution in [0.3, 0.4) is 0 Å². The van der Waals surface area contributed by atoms with Crippen molar-refractivity contribution in [1.29, 1.82) is 0 Å². The molecule has 164 valence electrons. The molecule has 0 saturated heterocycles. The summed E-state index contributed by atoms with van der Waals surface area (Å²) in [5, 5.41) is -0.539. The number of thioether (sulfide) groups is 1. The molecule has 0 spiro atoms. The van der Waals surface area contributed by atoms with Gasteiger partial charge in [-0.25, -0.2) is 12.4 Å². The number of carbonyl (C=O) groups is 1. The number of hydrogen-bond acceptors (Lipinski definition) is 6. The summed E-state index contributed by atoms with van der Waals surface area (Å²) in [4.78, 5) is 14.5. The third-order valence-electron chi connectivity index (χ3n) is 4.91. The lowest BCUT2D eigenvalue weighted by atomic mass is 10.00. The van der Waals surface area contributed by atoms with Gasteiger partial charge in [0.1, 0.15) is 0 Å². The van der Waals surface area contributed by atoms with Crippen molar-refractivity contribution in [2.45, 2.75) is 28.3 Å². The molecule has 8 heteroatoms. The Morgan fingerprint density at radius 1 is 0.935 bits per heavy atom. The Morgan fingerprint density at radius 2 is 1.52 bits per heavy atom. The average molecular weight is 460 g/mol. The van der Waals surface area contributed by atoms with Crippen molar-refractivity contribution < 1.29 is 22.7 Å². The van der Waals surface area contributed by atoms with Crippen molar-refractivity contribution in [2.24, 2.45) is 5.92 Å². The molecule has 0 amide bonds. The van der Waals surface area contributed by atoms with E-state index in [1.165, 1.54) is 56.6 Å². The summed E-state index contributed by atoms with van der Waals surface area (Å²) in [7, 11) is -0.714. The van der Waals surface area contributed by atoms with Crippen molar-refractivity contribution >= 4 is 27.6 Å². The van der Waals surface area contributed by atoms with Gasteiger partial charge in [0, 0.05) is 43.0 Å². The third kappa shape index (κ3) is 5.27. The Kier molecular flexibility index (Phi) is 7.72. The highest BCUT2D eigenvalue weighted by Crippen LogP contribution is 2.33. The molecule has 0 fully saturated rings. The molecular formula is C23H25NO5S2. The Labute approximate surface area is 187 Å². The minimum Gasteiger partial charge on any atom is -0.356 e. The summed E-state index contributed by atoms with van der Waals surface area (Å²) < 4.78 is 37.6. The van der Waals surface area contributed by atoms with Gasteiger partial charge in [-0.2, -0.15) is 0 Å². The number of hydrogen-bond donors (Lipinski definition) is 0. The van der Waals surface area contributed by atoms with Crippen molar-refractivity contribution in [3.63, 3.8) is 0 Å². The molecule has 0 N–H and O–H groups in total. The molecule has 1 aromatic heterocycles. The molecule has 0 aliphatic heterocycles. The number of aromatic nitrogens is 1. The van der Waals surface area contributed by atoms with Gasteiger partial charge in [-0.05, 0) is 30.3 Å². The Bertz CT molecular complexity index is 1090. The highest BCUT2D eigenvalue weighted by atomic mass is 32.2. The number of ketones is 1. The zero-order chi connectivity index (χ0) is 22.4. The van der Waals surface area contributed by atoms with Crippen LogP contribution in [0.15, 0.2) is 88.9 Å². The molecule has 0 bridgehead atoms. The second-order valence-corrected chi connectivity index (χ2v) is 10.0. The lowest BCUT2D eigenvalue weighted by Gasteiger charge is -2.27. The monoisotopic (exact) mass is 459 g/mol. The van der Waals surface area contributed by atoms with E-state index in [-0.39, 0.29) is 16.6 Å². The van der Waals surface area contributed by atoms with Gasteiger partial charge in [-0.3, -0.25) is 4.79 Å². The first-order chi connectivity index (χ1) is 14.9. The van der Waals surface area contributed by atoms with Crippen LogP contribution in [0.4, 0.5) is 0 Å². The van der Waals surface area contributed by atoms with E-state index >= 15 is 0 Å². The number of ether oxygens (including phenoxy) is 2. The molecule has 3 rings (SSSR count). The smallest absolute Gasteiger partial charge is 0.267 e. The molecule has 0 saturated carbocycles. The minimum absolute atomic E-state index is 0.159. The van der Waals surface area contributed by atoms with Crippen LogP contribution in [0.25, 0.3) is 0 Å². The van der Waals surface area contributed by atoms with Gasteiger partial charge in [0.05, 0.1) is 10.1 Å². The van der Waals surface area contributed by atoms with Gasteiger partial charge in [-0.15, -0.1) is 11.8 Å². The molecule has 31 heavy (non-hydrogen) atoms. The largest absolute Gasteiger partial charge is 0.356 e. The topological polar surface area (TPSA) is 74.6 Å². The first-order valence-electron chi connectivity index (χ1n) is 9.68. The number of rotatable bonds is 10. The van der Waals surface area contributed by atoms with Crippen LogP contribution >= 0.6 is 11.8 Å². The molecular weight excluding hydrogens is 434 g/mol. The maximum absolute atomic E-state index is 13.5. The zero-order valence-corrected chi connectivity index (χ0v) is 19.2. The fraction of sp³-hybridized carbons (Fsp3) is 0.261. The molecule has 2 unspecified atom stereocenters. The quantitative estimate of drug-likeness (QED) is 0.255. The van der Waals surface area contributed by atoms with Crippen LogP contribution in [-0.4, -0.2) is 43.9 Å². The molecule has 2 aromatic carbocycles. The number of carbonyl (C=O) groups excluding carboxylic acids is 1. The predicted octanol–water partition coefficient (Wildman–Crippen LogP) is 4.32. The second-order valence-electron chi connectivity index (χ2n) is 6.96. The van der Waals surface area contributed by atoms with Crippen LogP contribution in [0, 0.1) is 5.92 Å². The lowest BCUT2D eigenvalue weighted by Crippen LogP contribution is -2.35. The molecule has 3 aromatic rings. The van der Waals surface area contributed by atoms with Gasteiger partial charge < -0.3 is 9.47 Å². The highest BCUT2D eigenvalue weighted by Gasteiger charge is 2.34. The van der Waals surface area contributed by atoms with Crippen LogP contribution in [0.2, 0.25) is 0 Å². The summed E-state index contributed by atoms with van der Waals surface area (Å²) in [6.45, 7) is 1.88. The molecule has 1 heterocycles. The van der Waals surface area contributed by atoms with Gasteiger partial charge in [0.15, 0.2) is 12.1 Å². The molecule has 0 aliphatic carbocycles. The number of nitrogens with zero attached hydrogens (tertiary/aromatic N) is 1. The van der Waals surface area contributed by atoms with E-state index in [1.807, 2.05) is 37.3 Å². The van der Waals surface area contributed by atoms with Crippen LogP contribution in [0.5, 0.6) is 0 Å². The molecule has 2 atom stereocenters. The third-order valence-corrected chi connectivity index (χ3v) is 8.00. The average Bonchev–Trinajstić information content (AvgIpc) is 3.30. The number of methoxy groups -OCH3 is 2. The fourth-order valence-electron chi connectivity index (χ4n) is 3.26. The number of Topliss-reactive ketones (excluding diaryl/α,β-unsaturated/α-hetero) is 1. The normalized spacial score (nSPS) is 13.8. The SMILES string of the molecule is COC(OC)C(C)C(Sc1ccccc1)C(=O)c1ccn(S(=O)(=O)c2ccccc2)c1. The summed E-state index contributed by atoms with van der Waals surface area (Å²) >= 11 is 1.40. The summed E-state index contributed by atoms with van der Waals surface area (Å²) in [5.74, 6) is -0.482. The van der Waals surface area contributed by atoms with E-state index in [9.17, 15) is 13.2 Å². The summed E-state index contributed by atoms with van der Waals surface area (Å²) in [6.07, 6.45) is 2.18. The van der Waals surface area contributed by atoms with Gasteiger partial charge in [0.25, 0.3) is 10.0 Å². The highest BCUT2D eigenvalue weighted by molar-refractivity contribution is 8.00. The van der Waals surface area contributed by atoms with E-state index in [0.717, 1.165) is 8.87 Å². The standard InChI is InChI=1S/C23H25NO5S2/c1-17(23(28-2)29-3)22(30-19-10-6-4-7-11-19)21(25)18-14-15-24(16-18)31(26,27)20-12-8-5-9-13-20/h4-17,22-23H,1-3H3. The summed E-state index contributed by atoms with van der Waals surface area (Å²) in [5.41, 5.74) is 0.311. The van der Waals surface area contributed by atoms with E-state index in [1.54, 1.807) is 18.2 Å². The Hall–Kier alpha value is -2.39. The first-order valence-corrected chi connectivity index (χ1v) is 12.0. The van der Waals surface area contributed by atoms with Crippen LogP contribution in [-0.2, 0) is 19.5 Å². The second kappa shape index (κ2) is 10.3. The van der Waals surface area contributed by atoms with E-state index in [4.69, 9.17) is 9.47 Å². The van der Waals surface area contributed by atoms with E-state index in [0.29, 0.717) is 5.56 Å². The van der Waals surface area contributed by atoms with Crippen molar-refractivity contribution in [2.75, 3.05) is 14.2 Å². The predicted molar refractivity (Wildman–Crippen MR) is 121 cm³/mol. The molecule has 0 radical (unpaired) electrons. The Morgan fingerprint density at radius 3 is 2.10 bits per heavy atom. The Balaban J connectivity index is 1.93. The van der Waals surface area contributed by atoms with Gasteiger partial charge in [-0.1, -0.05) is 43.3 Å². The van der Waals surface area contributed by atoms with Crippen LogP contribution < -0.4 is 0 Å². The molecule has 6 nitrogen and oxygen atoms in total. The fourth-order valence-corrected chi connectivity index (χ4v) is 5.68. The number of benzene rings is 2. The molecule has 0 aliphatic rings. The van der Waals surface area contributed by atoms with Crippen molar-refractivity contribution in [3.05, 3.63) is 84.7 Å². The van der Waals surface area contributed by atoms with Gasteiger partial charge >= 0.3 is 0 Å². The van der Waals surface area contributed by atoms with Crippen LogP contribution in [0.1, 0.15) is 17.3 Å². The van der Waals surface area contributed by atoms with E-state index in [2.05, 4.69) is 0 Å². The first kappa shape index (κ1) is 23.3. The van der Waals surface area contributed by atoms with Crippen molar-refractivity contribution in [1.82, 2.24) is 3.97 Å². The maximum Gasteiger partial charge on any atom is 0.267 e. The zero-order valence-electron chi connectivity index (χ0n) is 17.5. The lowest BCUT2D eigenvalue weighted by molar-refractivity contribution is -0.131. The summed E-state index contributed by atoms with van der Waals surface area (Å²) in [6, 6.07) is 19.2. The minimum atomic E-state index is -3.77.